The minimum absolute atomic E-state index is 0.355. The van der Waals surface area contributed by atoms with Crippen molar-refractivity contribution in [3.8, 4) is 5.69 Å². The van der Waals surface area contributed by atoms with Crippen LogP contribution in [0.25, 0.3) is 5.69 Å². The van der Waals surface area contributed by atoms with Crippen molar-refractivity contribution in [2.75, 3.05) is 13.2 Å². The van der Waals surface area contributed by atoms with Crippen molar-refractivity contribution in [3.63, 3.8) is 0 Å². The molecule has 102 valence electrons. The fourth-order valence-electron chi connectivity index (χ4n) is 1.83. The molecule has 0 saturated heterocycles. The molecular formula is C14H18NO3P. The predicted octanol–water partition coefficient (Wildman–Crippen LogP) is 3.37. The summed E-state index contributed by atoms with van der Waals surface area (Å²) >= 11 is 0. The standard InChI is InChI=1S/C14H18NO3P/c1-3-17-19(16,18-4-2)14-10-11-15(12-14)13-8-6-5-7-9-13/h5-12H,3-4H2,1-2H3. The van der Waals surface area contributed by atoms with Gasteiger partial charge in [0.2, 0.25) is 0 Å². The highest BCUT2D eigenvalue weighted by Gasteiger charge is 2.27. The third-order valence-electron chi connectivity index (χ3n) is 2.65. The van der Waals surface area contributed by atoms with E-state index in [4.69, 9.17) is 9.05 Å². The van der Waals surface area contributed by atoms with Crippen LogP contribution >= 0.6 is 7.60 Å². The van der Waals surface area contributed by atoms with Crippen LogP contribution in [-0.2, 0) is 13.6 Å². The normalized spacial score (nSPS) is 11.7. The van der Waals surface area contributed by atoms with E-state index in [-0.39, 0.29) is 0 Å². The highest BCUT2D eigenvalue weighted by atomic mass is 31.2. The highest BCUT2D eigenvalue weighted by molar-refractivity contribution is 7.62. The van der Waals surface area contributed by atoms with Crippen LogP contribution in [0.1, 0.15) is 13.8 Å². The largest absolute Gasteiger partial charge is 0.362 e. The molecule has 19 heavy (non-hydrogen) atoms. The molecule has 0 N–H and O–H groups in total. The fourth-order valence-corrected chi connectivity index (χ4v) is 3.40. The summed E-state index contributed by atoms with van der Waals surface area (Å²) in [4.78, 5) is 0. The van der Waals surface area contributed by atoms with Gasteiger partial charge in [0.1, 0.15) is 0 Å². The smallest absolute Gasteiger partial charge is 0.323 e. The van der Waals surface area contributed by atoms with Gasteiger partial charge in [-0.15, -0.1) is 0 Å². The quantitative estimate of drug-likeness (QED) is 0.761. The van der Waals surface area contributed by atoms with Crippen LogP contribution in [0.2, 0.25) is 0 Å². The van der Waals surface area contributed by atoms with E-state index in [1.165, 1.54) is 0 Å². The lowest BCUT2D eigenvalue weighted by Gasteiger charge is -2.15. The van der Waals surface area contributed by atoms with Gasteiger partial charge < -0.3 is 13.6 Å². The zero-order valence-electron chi connectivity index (χ0n) is 11.2. The zero-order chi connectivity index (χ0) is 13.7. The molecule has 0 amide bonds. The van der Waals surface area contributed by atoms with Crippen LogP contribution in [0, 0.1) is 0 Å². The Balaban J connectivity index is 2.32. The Labute approximate surface area is 113 Å². The van der Waals surface area contributed by atoms with Gasteiger partial charge in [-0.2, -0.15) is 0 Å². The second-order valence-electron chi connectivity index (χ2n) is 3.95. The molecule has 0 aliphatic carbocycles. The van der Waals surface area contributed by atoms with Crippen LogP contribution in [-0.4, -0.2) is 17.8 Å². The Morgan fingerprint density at radius 2 is 1.68 bits per heavy atom. The van der Waals surface area contributed by atoms with Gasteiger partial charge in [0, 0.05) is 18.1 Å². The maximum Gasteiger partial charge on any atom is 0.362 e. The first-order valence-electron chi connectivity index (χ1n) is 6.32. The summed E-state index contributed by atoms with van der Waals surface area (Å²) in [5, 5.41) is 0.583. The van der Waals surface area contributed by atoms with Crippen molar-refractivity contribution < 1.29 is 13.6 Å². The van der Waals surface area contributed by atoms with Crippen LogP contribution in [0.4, 0.5) is 0 Å². The Kier molecular flexibility index (Phi) is 4.59. The first kappa shape index (κ1) is 14.1. The summed E-state index contributed by atoms with van der Waals surface area (Å²) in [6.07, 6.45) is 3.65. The number of hydrogen-bond donors (Lipinski definition) is 0. The molecule has 0 spiro atoms. The Bertz CT molecular complexity index is 555. The summed E-state index contributed by atoms with van der Waals surface area (Å²) < 4.78 is 25.2. The first-order valence-corrected chi connectivity index (χ1v) is 7.87. The van der Waals surface area contributed by atoms with Gasteiger partial charge in [0.15, 0.2) is 0 Å². The first-order chi connectivity index (χ1) is 9.19. The number of rotatable bonds is 6. The molecule has 1 aromatic heterocycles. The minimum Gasteiger partial charge on any atom is -0.323 e. The number of nitrogens with zero attached hydrogens (tertiary/aromatic N) is 1. The summed E-state index contributed by atoms with van der Waals surface area (Å²) in [5.74, 6) is 0. The number of para-hydroxylation sites is 1. The monoisotopic (exact) mass is 279 g/mol. The summed E-state index contributed by atoms with van der Waals surface area (Å²) in [7, 11) is -3.19. The average molecular weight is 279 g/mol. The van der Waals surface area contributed by atoms with Crippen LogP contribution in [0.15, 0.2) is 48.8 Å². The van der Waals surface area contributed by atoms with Crippen LogP contribution in [0.3, 0.4) is 0 Å². The van der Waals surface area contributed by atoms with E-state index in [1.807, 2.05) is 41.1 Å². The summed E-state index contributed by atoms with van der Waals surface area (Å²) in [6.45, 7) is 4.32. The zero-order valence-corrected chi connectivity index (χ0v) is 12.0. The highest BCUT2D eigenvalue weighted by Crippen LogP contribution is 2.46. The fraction of sp³-hybridized carbons (Fsp3) is 0.286. The van der Waals surface area contributed by atoms with E-state index in [9.17, 15) is 4.57 Å². The third-order valence-corrected chi connectivity index (χ3v) is 4.74. The second-order valence-corrected chi connectivity index (χ2v) is 5.97. The van der Waals surface area contributed by atoms with Gasteiger partial charge in [0.05, 0.1) is 18.5 Å². The Morgan fingerprint density at radius 3 is 2.26 bits per heavy atom. The lowest BCUT2D eigenvalue weighted by atomic mass is 10.3. The van der Waals surface area contributed by atoms with Crippen molar-refractivity contribution >= 4 is 12.9 Å². The molecule has 0 bridgehead atoms. The van der Waals surface area contributed by atoms with Crippen molar-refractivity contribution in [1.82, 2.24) is 4.57 Å². The molecule has 0 radical (unpaired) electrons. The maximum atomic E-state index is 12.6. The van der Waals surface area contributed by atoms with Crippen molar-refractivity contribution in [2.45, 2.75) is 13.8 Å². The van der Waals surface area contributed by atoms with E-state index in [0.29, 0.717) is 18.5 Å². The SMILES string of the molecule is CCOP(=O)(OCC)c1ccn(-c2ccccc2)c1. The summed E-state index contributed by atoms with van der Waals surface area (Å²) in [6, 6.07) is 11.6. The second kappa shape index (κ2) is 6.20. The molecule has 4 nitrogen and oxygen atoms in total. The van der Waals surface area contributed by atoms with E-state index >= 15 is 0 Å². The molecule has 1 heterocycles. The maximum absolute atomic E-state index is 12.6. The topological polar surface area (TPSA) is 40.5 Å². The van der Waals surface area contributed by atoms with Crippen molar-refractivity contribution in [2.24, 2.45) is 0 Å². The van der Waals surface area contributed by atoms with Gasteiger partial charge in [0.25, 0.3) is 0 Å². The molecular weight excluding hydrogens is 261 g/mol. The average Bonchev–Trinajstić information content (AvgIpc) is 2.90. The van der Waals surface area contributed by atoms with Crippen molar-refractivity contribution in [1.29, 1.82) is 0 Å². The molecule has 0 aliphatic heterocycles. The number of hydrogen-bond acceptors (Lipinski definition) is 3. The Morgan fingerprint density at radius 1 is 1.05 bits per heavy atom. The lowest BCUT2D eigenvalue weighted by Crippen LogP contribution is -2.09. The minimum atomic E-state index is -3.19. The lowest BCUT2D eigenvalue weighted by molar-refractivity contribution is 0.230. The molecule has 0 fully saturated rings. The molecule has 5 heteroatoms. The van der Waals surface area contributed by atoms with Gasteiger partial charge in [-0.25, -0.2) is 0 Å². The van der Waals surface area contributed by atoms with Gasteiger partial charge in [-0.05, 0) is 32.0 Å². The van der Waals surface area contributed by atoms with E-state index in [2.05, 4.69) is 0 Å². The molecule has 0 aliphatic rings. The van der Waals surface area contributed by atoms with E-state index in [1.54, 1.807) is 26.1 Å². The van der Waals surface area contributed by atoms with Crippen molar-refractivity contribution in [3.05, 3.63) is 48.8 Å². The molecule has 2 aromatic rings. The molecule has 1 aromatic carbocycles. The molecule has 0 unspecified atom stereocenters. The van der Waals surface area contributed by atoms with Gasteiger partial charge in [-0.3, -0.25) is 4.57 Å². The molecule has 0 atom stereocenters. The predicted molar refractivity (Wildman–Crippen MR) is 76.3 cm³/mol. The number of benzene rings is 1. The summed E-state index contributed by atoms with van der Waals surface area (Å²) in [5.41, 5.74) is 1.01. The van der Waals surface area contributed by atoms with Crippen LogP contribution < -0.4 is 5.30 Å². The number of aromatic nitrogens is 1. The van der Waals surface area contributed by atoms with E-state index in [0.717, 1.165) is 5.69 Å². The van der Waals surface area contributed by atoms with Crippen LogP contribution in [0.5, 0.6) is 0 Å². The molecule has 2 rings (SSSR count). The molecule has 0 saturated carbocycles. The van der Waals surface area contributed by atoms with Gasteiger partial charge in [-0.1, -0.05) is 18.2 Å². The third kappa shape index (κ3) is 3.16. The van der Waals surface area contributed by atoms with E-state index < -0.39 is 7.60 Å². The van der Waals surface area contributed by atoms with Gasteiger partial charge >= 0.3 is 7.60 Å². The Hall–Kier alpha value is -1.35.